The Labute approximate surface area is 80.2 Å². The van der Waals surface area contributed by atoms with Gasteiger partial charge in [-0.05, 0) is 26.2 Å². The van der Waals surface area contributed by atoms with Crippen LogP contribution in [0.3, 0.4) is 0 Å². The van der Waals surface area contributed by atoms with E-state index in [0.717, 1.165) is 38.0 Å². The molecule has 0 aromatic carbocycles. The van der Waals surface area contributed by atoms with E-state index < -0.39 is 0 Å². The van der Waals surface area contributed by atoms with E-state index in [1.165, 1.54) is 0 Å². The molecular formula is C11H17NO. The van der Waals surface area contributed by atoms with Crippen molar-refractivity contribution < 1.29 is 4.74 Å². The second kappa shape index (κ2) is 4.43. The Morgan fingerprint density at radius 1 is 1.62 bits per heavy atom. The molecule has 2 heteroatoms. The van der Waals surface area contributed by atoms with Gasteiger partial charge in [-0.1, -0.05) is 5.57 Å². The highest BCUT2D eigenvalue weighted by molar-refractivity contribution is 4.99. The lowest BCUT2D eigenvalue weighted by molar-refractivity contribution is 0.0941. The first-order valence-corrected chi connectivity index (χ1v) is 4.78. The molecule has 0 amide bonds. The van der Waals surface area contributed by atoms with Crippen LogP contribution < -0.4 is 0 Å². The van der Waals surface area contributed by atoms with Crippen LogP contribution in [0.5, 0.6) is 0 Å². The van der Waals surface area contributed by atoms with Gasteiger partial charge < -0.3 is 4.74 Å². The third-order valence-electron chi connectivity index (χ3n) is 2.49. The first-order valence-electron chi connectivity index (χ1n) is 4.78. The van der Waals surface area contributed by atoms with E-state index in [-0.39, 0.29) is 5.41 Å². The lowest BCUT2D eigenvalue weighted by atomic mass is 10.1. The van der Waals surface area contributed by atoms with E-state index in [0.29, 0.717) is 6.42 Å². The Kier molecular flexibility index (Phi) is 3.50. The van der Waals surface area contributed by atoms with Gasteiger partial charge in [0.2, 0.25) is 0 Å². The summed E-state index contributed by atoms with van der Waals surface area (Å²) in [4.78, 5) is 0. The van der Waals surface area contributed by atoms with Gasteiger partial charge in [0, 0.05) is 11.8 Å². The molecule has 1 aliphatic rings. The molecule has 0 spiro atoms. The number of nitrogens with zero attached hydrogens (tertiary/aromatic N) is 1. The number of ether oxygens (including phenoxy) is 1. The maximum Gasteiger partial charge on any atom is 0.0628 e. The molecule has 72 valence electrons. The number of nitriles is 1. The summed E-state index contributed by atoms with van der Waals surface area (Å²) in [5.74, 6) is 0. The minimum atomic E-state index is 0.226. The van der Waals surface area contributed by atoms with Crippen molar-refractivity contribution in [3.63, 3.8) is 0 Å². The van der Waals surface area contributed by atoms with Gasteiger partial charge in [0.05, 0.1) is 19.3 Å². The molecule has 0 bridgehead atoms. The summed E-state index contributed by atoms with van der Waals surface area (Å²) in [5, 5.41) is 8.57. The van der Waals surface area contributed by atoms with Crippen LogP contribution in [0.2, 0.25) is 0 Å². The Hall–Kier alpha value is -0.810. The summed E-state index contributed by atoms with van der Waals surface area (Å²) in [6.07, 6.45) is 3.91. The molecule has 0 saturated heterocycles. The zero-order chi connectivity index (χ0) is 9.73. The topological polar surface area (TPSA) is 33.0 Å². The van der Waals surface area contributed by atoms with Crippen molar-refractivity contribution in [2.45, 2.75) is 32.6 Å². The van der Waals surface area contributed by atoms with Gasteiger partial charge in [0.1, 0.15) is 0 Å². The number of rotatable bonds is 6. The molecular weight excluding hydrogens is 162 g/mol. The highest BCUT2D eigenvalue weighted by Gasteiger charge is 2.42. The fourth-order valence-electron chi connectivity index (χ4n) is 1.25. The van der Waals surface area contributed by atoms with Crippen molar-refractivity contribution in [3.05, 3.63) is 12.2 Å². The quantitative estimate of drug-likeness (QED) is 0.464. The molecule has 1 saturated carbocycles. The summed E-state index contributed by atoms with van der Waals surface area (Å²) in [5.41, 5.74) is 1.38. The van der Waals surface area contributed by atoms with E-state index in [9.17, 15) is 0 Å². The van der Waals surface area contributed by atoms with E-state index in [1.54, 1.807) is 0 Å². The molecule has 2 nitrogen and oxygen atoms in total. The van der Waals surface area contributed by atoms with Crippen LogP contribution in [0.1, 0.15) is 32.6 Å². The molecule has 0 N–H and O–H groups in total. The zero-order valence-electron chi connectivity index (χ0n) is 8.31. The molecule has 1 aliphatic carbocycles. The van der Waals surface area contributed by atoms with Crippen molar-refractivity contribution in [3.8, 4) is 6.07 Å². The SMILES string of the molecule is C=C(C)CCOCC1(CC#N)CC1. The number of hydrogen-bond donors (Lipinski definition) is 0. The van der Waals surface area contributed by atoms with Crippen LogP contribution >= 0.6 is 0 Å². The van der Waals surface area contributed by atoms with Crippen molar-refractivity contribution in [2.24, 2.45) is 5.41 Å². The molecule has 13 heavy (non-hydrogen) atoms. The summed E-state index contributed by atoms with van der Waals surface area (Å²) in [6, 6.07) is 2.22. The van der Waals surface area contributed by atoms with Crippen molar-refractivity contribution >= 4 is 0 Å². The van der Waals surface area contributed by atoms with Gasteiger partial charge in [-0.3, -0.25) is 0 Å². The highest BCUT2D eigenvalue weighted by Crippen LogP contribution is 2.48. The predicted octanol–water partition coefficient (Wildman–Crippen LogP) is 2.66. The second-order valence-electron chi connectivity index (χ2n) is 4.09. The second-order valence-corrected chi connectivity index (χ2v) is 4.09. The largest absolute Gasteiger partial charge is 0.381 e. The third kappa shape index (κ3) is 3.61. The van der Waals surface area contributed by atoms with Crippen molar-refractivity contribution in [1.29, 1.82) is 5.26 Å². The molecule has 0 atom stereocenters. The molecule has 0 radical (unpaired) electrons. The van der Waals surface area contributed by atoms with Gasteiger partial charge in [0.15, 0.2) is 0 Å². The monoisotopic (exact) mass is 179 g/mol. The molecule has 0 heterocycles. The first kappa shape index (κ1) is 10.3. The van der Waals surface area contributed by atoms with Crippen LogP contribution in [-0.2, 0) is 4.74 Å². The molecule has 0 unspecified atom stereocenters. The maximum absolute atomic E-state index is 8.57. The van der Waals surface area contributed by atoms with E-state index in [2.05, 4.69) is 12.6 Å². The first-order chi connectivity index (χ1) is 6.18. The Morgan fingerprint density at radius 2 is 2.31 bits per heavy atom. The van der Waals surface area contributed by atoms with E-state index in [1.807, 2.05) is 6.92 Å². The van der Waals surface area contributed by atoms with Gasteiger partial charge in [-0.15, -0.1) is 6.58 Å². The summed E-state index contributed by atoms with van der Waals surface area (Å²) >= 11 is 0. The third-order valence-corrected chi connectivity index (χ3v) is 2.49. The number of hydrogen-bond acceptors (Lipinski definition) is 2. The fourth-order valence-corrected chi connectivity index (χ4v) is 1.25. The molecule has 0 aliphatic heterocycles. The van der Waals surface area contributed by atoms with Gasteiger partial charge >= 0.3 is 0 Å². The van der Waals surface area contributed by atoms with Crippen LogP contribution in [0.15, 0.2) is 12.2 Å². The summed E-state index contributed by atoms with van der Waals surface area (Å²) < 4.78 is 5.51. The lowest BCUT2D eigenvalue weighted by Crippen LogP contribution is -2.10. The molecule has 0 aromatic rings. The van der Waals surface area contributed by atoms with E-state index in [4.69, 9.17) is 10.00 Å². The van der Waals surface area contributed by atoms with Crippen molar-refractivity contribution in [1.82, 2.24) is 0 Å². The van der Waals surface area contributed by atoms with Gasteiger partial charge in [-0.2, -0.15) is 5.26 Å². The predicted molar refractivity (Wildman–Crippen MR) is 52.1 cm³/mol. The molecule has 0 aromatic heterocycles. The van der Waals surface area contributed by atoms with Crippen LogP contribution in [-0.4, -0.2) is 13.2 Å². The van der Waals surface area contributed by atoms with Gasteiger partial charge in [0.25, 0.3) is 0 Å². The minimum absolute atomic E-state index is 0.226. The average Bonchev–Trinajstić information content (AvgIpc) is 2.80. The Balaban J connectivity index is 2.06. The Bertz CT molecular complexity index is 223. The summed E-state index contributed by atoms with van der Waals surface area (Å²) in [6.45, 7) is 7.32. The zero-order valence-corrected chi connectivity index (χ0v) is 8.31. The molecule has 1 rings (SSSR count). The van der Waals surface area contributed by atoms with Crippen LogP contribution in [0.25, 0.3) is 0 Å². The fraction of sp³-hybridized carbons (Fsp3) is 0.727. The van der Waals surface area contributed by atoms with Crippen LogP contribution in [0, 0.1) is 16.7 Å². The average molecular weight is 179 g/mol. The molecule has 1 fully saturated rings. The van der Waals surface area contributed by atoms with Gasteiger partial charge in [-0.25, -0.2) is 0 Å². The smallest absolute Gasteiger partial charge is 0.0628 e. The highest BCUT2D eigenvalue weighted by atomic mass is 16.5. The lowest BCUT2D eigenvalue weighted by Gasteiger charge is -2.11. The Morgan fingerprint density at radius 3 is 2.77 bits per heavy atom. The summed E-state index contributed by atoms with van der Waals surface area (Å²) in [7, 11) is 0. The van der Waals surface area contributed by atoms with Crippen LogP contribution in [0.4, 0.5) is 0 Å². The standard InChI is InChI=1S/C11H17NO/c1-10(2)3-8-13-9-11(4-5-11)6-7-12/h1,3-6,8-9H2,2H3. The minimum Gasteiger partial charge on any atom is -0.381 e. The van der Waals surface area contributed by atoms with Crippen molar-refractivity contribution in [2.75, 3.05) is 13.2 Å². The van der Waals surface area contributed by atoms with E-state index >= 15 is 0 Å². The maximum atomic E-state index is 8.57. The normalized spacial score (nSPS) is 17.8.